The second-order valence-electron chi connectivity index (χ2n) is 4.73. The number of carbonyl (C=O) groups excluding carboxylic acids is 1. The van der Waals surface area contributed by atoms with Gasteiger partial charge in [-0.05, 0) is 31.0 Å². The average molecular weight is 285 g/mol. The molecular weight excluding hydrogens is 266 g/mol. The van der Waals surface area contributed by atoms with E-state index in [1.54, 1.807) is 11.8 Å². The SMILES string of the molecule is Cc1ccccc1NC(=O)CS[C@H](C)c1ccccc1. The summed E-state index contributed by atoms with van der Waals surface area (Å²) in [4.78, 5) is 12.0. The minimum atomic E-state index is 0.0482. The molecule has 2 aromatic rings. The largest absolute Gasteiger partial charge is 0.325 e. The fourth-order valence-corrected chi connectivity index (χ4v) is 2.74. The molecule has 0 saturated carbocycles. The summed E-state index contributed by atoms with van der Waals surface area (Å²) in [6.45, 7) is 4.12. The average Bonchev–Trinajstić information content (AvgIpc) is 2.48. The molecule has 0 unspecified atom stereocenters. The standard InChI is InChI=1S/C17H19NOS/c1-13-8-6-7-11-16(13)18-17(19)12-20-14(2)15-9-4-3-5-10-15/h3-11,14H,12H2,1-2H3,(H,18,19)/t14-/m1/s1. The number of anilines is 1. The van der Waals surface area contributed by atoms with Crippen molar-refractivity contribution in [3.63, 3.8) is 0 Å². The van der Waals surface area contributed by atoms with Crippen molar-refractivity contribution in [1.29, 1.82) is 0 Å². The van der Waals surface area contributed by atoms with Gasteiger partial charge in [-0.25, -0.2) is 0 Å². The van der Waals surface area contributed by atoms with Crippen molar-refractivity contribution >= 4 is 23.4 Å². The smallest absolute Gasteiger partial charge is 0.234 e. The van der Waals surface area contributed by atoms with Gasteiger partial charge in [0.1, 0.15) is 0 Å². The molecular formula is C17H19NOS. The maximum Gasteiger partial charge on any atom is 0.234 e. The number of hydrogen-bond acceptors (Lipinski definition) is 2. The second-order valence-corrected chi connectivity index (χ2v) is 6.06. The molecule has 1 atom stereocenters. The molecule has 3 heteroatoms. The molecule has 0 bridgehead atoms. The molecule has 0 heterocycles. The second kappa shape index (κ2) is 7.15. The van der Waals surface area contributed by atoms with Crippen LogP contribution in [0, 0.1) is 6.92 Å². The Labute approximate surface area is 124 Å². The lowest BCUT2D eigenvalue weighted by Gasteiger charge is -2.12. The van der Waals surface area contributed by atoms with Gasteiger partial charge in [-0.3, -0.25) is 4.79 Å². The van der Waals surface area contributed by atoms with Gasteiger partial charge in [0, 0.05) is 10.9 Å². The van der Waals surface area contributed by atoms with Crippen LogP contribution in [-0.2, 0) is 4.79 Å². The molecule has 0 aromatic heterocycles. The van der Waals surface area contributed by atoms with Crippen LogP contribution in [0.5, 0.6) is 0 Å². The van der Waals surface area contributed by atoms with Crippen LogP contribution in [0.15, 0.2) is 54.6 Å². The van der Waals surface area contributed by atoms with Gasteiger partial charge in [0.25, 0.3) is 0 Å². The van der Waals surface area contributed by atoms with Crippen molar-refractivity contribution in [2.24, 2.45) is 0 Å². The number of carbonyl (C=O) groups is 1. The van der Waals surface area contributed by atoms with E-state index < -0.39 is 0 Å². The Hall–Kier alpha value is -1.74. The number of hydrogen-bond donors (Lipinski definition) is 1. The van der Waals surface area contributed by atoms with E-state index in [0.29, 0.717) is 11.0 Å². The molecule has 0 aliphatic heterocycles. The zero-order valence-electron chi connectivity index (χ0n) is 11.8. The van der Waals surface area contributed by atoms with Gasteiger partial charge in [0.15, 0.2) is 0 Å². The summed E-state index contributed by atoms with van der Waals surface area (Å²) in [5.41, 5.74) is 3.23. The van der Waals surface area contributed by atoms with E-state index in [4.69, 9.17) is 0 Å². The third-order valence-electron chi connectivity index (χ3n) is 3.15. The third kappa shape index (κ3) is 4.14. The van der Waals surface area contributed by atoms with E-state index >= 15 is 0 Å². The number of thioether (sulfide) groups is 1. The predicted octanol–water partition coefficient (Wildman–Crippen LogP) is 4.43. The van der Waals surface area contributed by atoms with E-state index in [-0.39, 0.29) is 5.91 Å². The van der Waals surface area contributed by atoms with E-state index in [2.05, 4.69) is 24.4 Å². The molecule has 104 valence electrons. The summed E-state index contributed by atoms with van der Waals surface area (Å²) in [5, 5.41) is 3.28. The minimum absolute atomic E-state index is 0.0482. The zero-order chi connectivity index (χ0) is 14.4. The summed E-state index contributed by atoms with van der Waals surface area (Å²) in [6, 6.07) is 18.1. The molecule has 20 heavy (non-hydrogen) atoms. The maximum absolute atomic E-state index is 12.0. The highest BCUT2D eigenvalue weighted by molar-refractivity contribution is 8.00. The quantitative estimate of drug-likeness (QED) is 0.880. The summed E-state index contributed by atoms with van der Waals surface area (Å²) in [6.07, 6.45) is 0. The fraction of sp³-hybridized carbons (Fsp3) is 0.235. The first-order chi connectivity index (χ1) is 9.66. The minimum Gasteiger partial charge on any atom is -0.325 e. The Kier molecular flexibility index (Phi) is 5.24. The van der Waals surface area contributed by atoms with Crippen molar-refractivity contribution < 1.29 is 4.79 Å². The van der Waals surface area contributed by atoms with Gasteiger partial charge in [0.05, 0.1) is 5.75 Å². The predicted molar refractivity (Wildman–Crippen MR) is 87.1 cm³/mol. The van der Waals surface area contributed by atoms with Crippen molar-refractivity contribution in [2.45, 2.75) is 19.1 Å². The van der Waals surface area contributed by atoms with E-state index in [1.807, 2.05) is 49.4 Å². The molecule has 0 fully saturated rings. The number of para-hydroxylation sites is 1. The number of nitrogens with one attached hydrogen (secondary N) is 1. The topological polar surface area (TPSA) is 29.1 Å². The van der Waals surface area contributed by atoms with Crippen molar-refractivity contribution in [1.82, 2.24) is 0 Å². The first-order valence-electron chi connectivity index (χ1n) is 6.69. The highest BCUT2D eigenvalue weighted by Crippen LogP contribution is 2.27. The number of rotatable bonds is 5. The van der Waals surface area contributed by atoms with E-state index in [1.165, 1.54) is 5.56 Å². The molecule has 0 saturated heterocycles. The molecule has 0 aliphatic rings. The Balaban J connectivity index is 1.85. The summed E-state index contributed by atoms with van der Waals surface area (Å²) in [5.74, 6) is 0.511. The molecule has 2 nitrogen and oxygen atoms in total. The zero-order valence-corrected chi connectivity index (χ0v) is 12.6. The van der Waals surface area contributed by atoms with Crippen LogP contribution < -0.4 is 5.32 Å². The summed E-state index contributed by atoms with van der Waals surface area (Å²) < 4.78 is 0. The van der Waals surface area contributed by atoms with Crippen molar-refractivity contribution in [2.75, 3.05) is 11.1 Å². The fourth-order valence-electron chi connectivity index (χ4n) is 1.92. The monoisotopic (exact) mass is 285 g/mol. The molecule has 0 radical (unpaired) electrons. The molecule has 2 rings (SSSR count). The molecule has 2 aromatic carbocycles. The van der Waals surface area contributed by atoms with Crippen LogP contribution in [0.2, 0.25) is 0 Å². The lowest BCUT2D eigenvalue weighted by atomic mass is 10.2. The van der Waals surface area contributed by atoms with Gasteiger partial charge >= 0.3 is 0 Å². The first kappa shape index (κ1) is 14.7. The Bertz CT molecular complexity index is 568. The van der Waals surface area contributed by atoms with Crippen LogP contribution in [0.25, 0.3) is 0 Å². The van der Waals surface area contributed by atoms with Gasteiger partial charge in [0.2, 0.25) is 5.91 Å². The summed E-state index contributed by atoms with van der Waals surface area (Å²) >= 11 is 1.65. The third-order valence-corrected chi connectivity index (χ3v) is 4.35. The maximum atomic E-state index is 12.0. The van der Waals surface area contributed by atoms with Gasteiger partial charge in [-0.2, -0.15) is 0 Å². The van der Waals surface area contributed by atoms with Crippen molar-refractivity contribution in [3.8, 4) is 0 Å². The highest BCUT2D eigenvalue weighted by Gasteiger charge is 2.09. The summed E-state index contributed by atoms with van der Waals surface area (Å²) in [7, 11) is 0. The molecule has 0 aliphatic carbocycles. The molecule has 1 N–H and O–H groups in total. The van der Waals surface area contributed by atoms with Crippen LogP contribution in [0.1, 0.15) is 23.3 Å². The number of amides is 1. The lowest BCUT2D eigenvalue weighted by molar-refractivity contribution is -0.113. The van der Waals surface area contributed by atoms with Gasteiger partial charge < -0.3 is 5.32 Å². The van der Waals surface area contributed by atoms with Crippen LogP contribution in [0.4, 0.5) is 5.69 Å². The van der Waals surface area contributed by atoms with E-state index in [9.17, 15) is 4.79 Å². The first-order valence-corrected chi connectivity index (χ1v) is 7.73. The van der Waals surface area contributed by atoms with Crippen molar-refractivity contribution in [3.05, 3.63) is 65.7 Å². The van der Waals surface area contributed by atoms with Crippen LogP contribution in [0.3, 0.4) is 0 Å². The van der Waals surface area contributed by atoms with Gasteiger partial charge in [-0.1, -0.05) is 48.5 Å². The Morgan fingerprint density at radius 3 is 2.45 bits per heavy atom. The number of aryl methyl sites for hydroxylation is 1. The van der Waals surface area contributed by atoms with E-state index in [0.717, 1.165) is 11.3 Å². The highest BCUT2D eigenvalue weighted by atomic mass is 32.2. The molecule has 0 spiro atoms. The van der Waals surface area contributed by atoms with Crippen LogP contribution >= 0.6 is 11.8 Å². The van der Waals surface area contributed by atoms with Gasteiger partial charge in [-0.15, -0.1) is 11.8 Å². The Morgan fingerprint density at radius 2 is 1.75 bits per heavy atom. The Morgan fingerprint density at radius 1 is 1.10 bits per heavy atom. The normalized spacial score (nSPS) is 11.9. The van der Waals surface area contributed by atoms with Crippen LogP contribution in [-0.4, -0.2) is 11.7 Å². The number of benzene rings is 2. The lowest BCUT2D eigenvalue weighted by Crippen LogP contribution is -2.15. The molecule has 1 amide bonds.